The topological polar surface area (TPSA) is 24.5 Å². The molecule has 1 N–H and O–H groups in total. The Kier molecular flexibility index (Phi) is 6.15. The maximum Gasteiger partial charge on any atom is 0.0593 e. The fraction of sp³-hybridized carbons (Fsp3) is 1.00. The van der Waals surface area contributed by atoms with Crippen LogP contribution in [0.25, 0.3) is 0 Å². The molecule has 1 rings (SSSR count). The molecule has 0 saturated carbocycles. The summed E-state index contributed by atoms with van der Waals surface area (Å²) < 4.78 is 5.56. The van der Waals surface area contributed by atoms with Crippen molar-refractivity contribution in [2.24, 2.45) is 0 Å². The van der Waals surface area contributed by atoms with E-state index in [4.69, 9.17) is 4.74 Å². The number of nitrogens with zero attached hydrogens (tertiary/aromatic N) is 1. The summed E-state index contributed by atoms with van der Waals surface area (Å²) in [5.74, 6) is 0. The molecule has 1 heterocycles. The van der Waals surface area contributed by atoms with Crippen molar-refractivity contribution in [2.45, 2.75) is 32.7 Å². The van der Waals surface area contributed by atoms with Crippen LogP contribution in [0.5, 0.6) is 0 Å². The highest BCUT2D eigenvalue weighted by Gasteiger charge is 2.16. The minimum Gasteiger partial charge on any atom is -0.380 e. The second-order valence-corrected chi connectivity index (χ2v) is 4.06. The number of hydrogen-bond acceptors (Lipinski definition) is 3. The van der Waals surface area contributed by atoms with E-state index in [1.54, 1.807) is 0 Å². The van der Waals surface area contributed by atoms with Crippen molar-refractivity contribution in [2.75, 3.05) is 39.4 Å². The van der Waals surface area contributed by atoms with Gasteiger partial charge >= 0.3 is 0 Å². The lowest BCUT2D eigenvalue weighted by molar-refractivity contribution is 0.0797. The van der Waals surface area contributed by atoms with Crippen LogP contribution in [-0.2, 0) is 4.74 Å². The third-order valence-electron chi connectivity index (χ3n) is 2.80. The second kappa shape index (κ2) is 7.21. The fourth-order valence-corrected chi connectivity index (χ4v) is 1.75. The first kappa shape index (κ1) is 12.0. The standard InChI is InChI=1S/C11H24N2O/c1-3-4-8-14-9-7-13-6-5-12-10-11(13)2/h11-12H,3-10H2,1-2H3/t11-/m1/s1. The molecule has 1 aliphatic rings. The van der Waals surface area contributed by atoms with Crippen LogP contribution in [0.1, 0.15) is 26.7 Å². The Morgan fingerprint density at radius 3 is 3.00 bits per heavy atom. The lowest BCUT2D eigenvalue weighted by Crippen LogP contribution is -2.50. The van der Waals surface area contributed by atoms with Gasteiger partial charge in [0, 0.05) is 38.8 Å². The lowest BCUT2D eigenvalue weighted by Gasteiger charge is -2.33. The normalized spacial score (nSPS) is 24.0. The Labute approximate surface area is 87.8 Å². The number of piperazine rings is 1. The molecule has 14 heavy (non-hydrogen) atoms. The summed E-state index contributed by atoms with van der Waals surface area (Å²) in [6, 6.07) is 0.665. The molecule has 0 amide bonds. The zero-order chi connectivity index (χ0) is 10.2. The highest BCUT2D eigenvalue weighted by atomic mass is 16.5. The van der Waals surface area contributed by atoms with Gasteiger partial charge in [0.15, 0.2) is 0 Å². The lowest BCUT2D eigenvalue weighted by atomic mass is 10.2. The summed E-state index contributed by atoms with van der Waals surface area (Å²) in [5, 5.41) is 3.39. The molecule has 3 nitrogen and oxygen atoms in total. The molecular formula is C11H24N2O. The average Bonchev–Trinajstić information content (AvgIpc) is 2.20. The van der Waals surface area contributed by atoms with Gasteiger partial charge < -0.3 is 10.1 Å². The number of hydrogen-bond donors (Lipinski definition) is 1. The molecular weight excluding hydrogens is 176 g/mol. The van der Waals surface area contributed by atoms with Gasteiger partial charge in [0.2, 0.25) is 0 Å². The van der Waals surface area contributed by atoms with Crippen molar-refractivity contribution in [1.82, 2.24) is 10.2 Å². The van der Waals surface area contributed by atoms with Crippen LogP contribution in [0.3, 0.4) is 0 Å². The monoisotopic (exact) mass is 200 g/mol. The minimum absolute atomic E-state index is 0.665. The van der Waals surface area contributed by atoms with Crippen molar-refractivity contribution in [3.63, 3.8) is 0 Å². The molecule has 0 spiro atoms. The Bertz CT molecular complexity index is 141. The first-order valence-corrected chi connectivity index (χ1v) is 5.87. The van der Waals surface area contributed by atoms with Crippen LogP contribution in [0, 0.1) is 0 Å². The van der Waals surface area contributed by atoms with Crippen LogP contribution in [-0.4, -0.2) is 50.3 Å². The average molecular weight is 200 g/mol. The molecule has 1 saturated heterocycles. The molecule has 84 valence electrons. The Hall–Kier alpha value is -0.120. The quantitative estimate of drug-likeness (QED) is 0.650. The Balaban J connectivity index is 1.99. The van der Waals surface area contributed by atoms with E-state index < -0.39 is 0 Å². The predicted octanol–water partition coefficient (Wildman–Crippen LogP) is 1.10. The molecule has 0 unspecified atom stereocenters. The number of nitrogens with one attached hydrogen (secondary N) is 1. The van der Waals surface area contributed by atoms with Gasteiger partial charge in [-0.25, -0.2) is 0 Å². The molecule has 1 atom stereocenters. The van der Waals surface area contributed by atoms with Gasteiger partial charge in [-0.3, -0.25) is 4.90 Å². The highest BCUT2D eigenvalue weighted by Crippen LogP contribution is 2.01. The van der Waals surface area contributed by atoms with Crippen molar-refractivity contribution in [3.05, 3.63) is 0 Å². The first-order valence-electron chi connectivity index (χ1n) is 5.87. The summed E-state index contributed by atoms with van der Waals surface area (Å²) in [5.41, 5.74) is 0. The zero-order valence-corrected chi connectivity index (χ0v) is 9.59. The van der Waals surface area contributed by atoms with E-state index in [-0.39, 0.29) is 0 Å². The van der Waals surface area contributed by atoms with Crippen LogP contribution >= 0.6 is 0 Å². The molecule has 0 bridgehead atoms. The molecule has 0 aromatic rings. The Morgan fingerprint density at radius 2 is 2.29 bits per heavy atom. The van der Waals surface area contributed by atoms with E-state index in [1.165, 1.54) is 12.8 Å². The van der Waals surface area contributed by atoms with Crippen molar-refractivity contribution < 1.29 is 4.74 Å². The smallest absolute Gasteiger partial charge is 0.0593 e. The van der Waals surface area contributed by atoms with E-state index in [2.05, 4.69) is 24.1 Å². The van der Waals surface area contributed by atoms with Crippen molar-refractivity contribution in [3.8, 4) is 0 Å². The number of ether oxygens (including phenoxy) is 1. The van der Waals surface area contributed by atoms with E-state index in [0.29, 0.717) is 6.04 Å². The van der Waals surface area contributed by atoms with Gasteiger partial charge in [0.1, 0.15) is 0 Å². The SMILES string of the molecule is CCCCOCCN1CCNC[C@H]1C. The second-order valence-electron chi connectivity index (χ2n) is 4.06. The summed E-state index contributed by atoms with van der Waals surface area (Å²) in [6.07, 6.45) is 2.42. The van der Waals surface area contributed by atoms with Gasteiger partial charge in [-0.05, 0) is 13.3 Å². The molecule has 0 aromatic heterocycles. The van der Waals surface area contributed by atoms with Gasteiger partial charge in [0.05, 0.1) is 6.61 Å². The summed E-state index contributed by atoms with van der Waals surface area (Å²) in [6.45, 7) is 10.8. The zero-order valence-electron chi connectivity index (χ0n) is 9.59. The molecule has 0 aromatic carbocycles. The van der Waals surface area contributed by atoms with E-state index in [0.717, 1.165) is 39.4 Å². The van der Waals surface area contributed by atoms with E-state index in [1.807, 2.05) is 0 Å². The number of rotatable bonds is 6. The van der Waals surface area contributed by atoms with Gasteiger partial charge in [0.25, 0.3) is 0 Å². The summed E-state index contributed by atoms with van der Waals surface area (Å²) in [7, 11) is 0. The summed E-state index contributed by atoms with van der Waals surface area (Å²) in [4.78, 5) is 2.50. The first-order chi connectivity index (χ1) is 6.84. The van der Waals surface area contributed by atoms with Crippen molar-refractivity contribution >= 4 is 0 Å². The number of unbranched alkanes of at least 4 members (excludes halogenated alkanes) is 1. The van der Waals surface area contributed by atoms with Gasteiger partial charge in [-0.1, -0.05) is 13.3 Å². The third kappa shape index (κ3) is 4.40. The molecule has 3 heteroatoms. The van der Waals surface area contributed by atoms with Crippen LogP contribution in [0.4, 0.5) is 0 Å². The summed E-state index contributed by atoms with van der Waals surface area (Å²) >= 11 is 0. The Morgan fingerprint density at radius 1 is 1.43 bits per heavy atom. The van der Waals surface area contributed by atoms with Gasteiger partial charge in [-0.15, -0.1) is 0 Å². The molecule has 0 radical (unpaired) electrons. The molecule has 0 aliphatic carbocycles. The fourth-order valence-electron chi connectivity index (χ4n) is 1.75. The maximum absolute atomic E-state index is 5.56. The molecule has 1 fully saturated rings. The minimum atomic E-state index is 0.665. The third-order valence-corrected chi connectivity index (χ3v) is 2.80. The maximum atomic E-state index is 5.56. The van der Waals surface area contributed by atoms with Crippen molar-refractivity contribution in [1.29, 1.82) is 0 Å². The highest BCUT2D eigenvalue weighted by molar-refractivity contribution is 4.75. The van der Waals surface area contributed by atoms with Crippen LogP contribution in [0.15, 0.2) is 0 Å². The molecule has 1 aliphatic heterocycles. The van der Waals surface area contributed by atoms with E-state index in [9.17, 15) is 0 Å². The van der Waals surface area contributed by atoms with Crippen LogP contribution < -0.4 is 5.32 Å². The largest absolute Gasteiger partial charge is 0.380 e. The predicted molar refractivity (Wildman–Crippen MR) is 59.6 cm³/mol. The van der Waals surface area contributed by atoms with E-state index >= 15 is 0 Å². The van der Waals surface area contributed by atoms with Crippen LogP contribution in [0.2, 0.25) is 0 Å². The van der Waals surface area contributed by atoms with Gasteiger partial charge in [-0.2, -0.15) is 0 Å².